The Morgan fingerprint density at radius 1 is 0.812 bits per heavy atom. The van der Waals surface area contributed by atoms with Crippen LogP contribution in [0.4, 0.5) is 0 Å². The molecule has 0 saturated carbocycles. The molecule has 3 saturated heterocycles. The van der Waals surface area contributed by atoms with Crippen LogP contribution in [0.1, 0.15) is 13.8 Å². The van der Waals surface area contributed by atoms with E-state index in [1.54, 1.807) is 0 Å². The maximum atomic E-state index is 5.89. The van der Waals surface area contributed by atoms with E-state index >= 15 is 0 Å². The van der Waals surface area contributed by atoms with Gasteiger partial charge in [-0.05, 0) is 11.8 Å². The minimum Gasteiger partial charge on any atom is -0.369 e. The smallest absolute Gasteiger partial charge is 0.369 e. The van der Waals surface area contributed by atoms with E-state index in [1.807, 2.05) is 0 Å². The first-order valence-corrected chi connectivity index (χ1v) is 5.73. The van der Waals surface area contributed by atoms with Crippen molar-refractivity contribution >= 4 is 0 Å². The van der Waals surface area contributed by atoms with Gasteiger partial charge in [0.2, 0.25) is 0 Å². The Morgan fingerprint density at radius 2 is 1.25 bits per heavy atom. The molecular formula is C11H18O5. The molecule has 0 amide bonds. The predicted molar refractivity (Wildman–Crippen MR) is 53.5 cm³/mol. The summed E-state index contributed by atoms with van der Waals surface area (Å²) in [6, 6.07) is 0. The van der Waals surface area contributed by atoms with Crippen LogP contribution < -0.4 is 0 Å². The molecule has 16 heavy (non-hydrogen) atoms. The monoisotopic (exact) mass is 230 g/mol. The first kappa shape index (κ1) is 10.9. The lowest BCUT2D eigenvalue weighted by Crippen LogP contribution is -2.42. The number of fused-ring (bicyclic) bond motifs is 5. The van der Waals surface area contributed by atoms with E-state index in [4.69, 9.17) is 23.7 Å². The van der Waals surface area contributed by atoms with Crippen LogP contribution in [-0.4, -0.2) is 44.8 Å². The topological polar surface area (TPSA) is 46.2 Å². The number of hydrogen-bond acceptors (Lipinski definition) is 5. The summed E-state index contributed by atoms with van der Waals surface area (Å²) in [6.45, 7) is 4.38. The molecule has 2 bridgehead atoms. The maximum absolute atomic E-state index is 5.89. The third-order valence-electron chi connectivity index (χ3n) is 4.21. The van der Waals surface area contributed by atoms with Crippen molar-refractivity contribution in [2.75, 3.05) is 14.2 Å². The van der Waals surface area contributed by atoms with Gasteiger partial charge in [0.1, 0.15) is 12.2 Å². The van der Waals surface area contributed by atoms with Gasteiger partial charge in [0.05, 0.1) is 12.2 Å². The van der Waals surface area contributed by atoms with Crippen LogP contribution in [-0.2, 0) is 23.7 Å². The van der Waals surface area contributed by atoms with E-state index in [0.29, 0.717) is 11.8 Å². The fourth-order valence-electron chi connectivity index (χ4n) is 3.06. The number of methoxy groups -OCH3 is 2. The highest BCUT2D eigenvalue weighted by molar-refractivity contribution is 5.07. The van der Waals surface area contributed by atoms with Gasteiger partial charge in [0.25, 0.3) is 0 Å². The molecule has 92 valence electrons. The van der Waals surface area contributed by atoms with Crippen molar-refractivity contribution in [1.29, 1.82) is 0 Å². The lowest BCUT2D eigenvalue weighted by Gasteiger charge is -2.27. The van der Waals surface area contributed by atoms with E-state index in [1.165, 1.54) is 14.2 Å². The van der Waals surface area contributed by atoms with E-state index in [9.17, 15) is 0 Å². The van der Waals surface area contributed by atoms with Crippen molar-refractivity contribution < 1.29 is 23.7 Å². The Kier molecular flexibility index (Phi) is 2.32. The molecule has 0 radical (unpaired) electrons. The Morgan fingerprint density at radius 3 is 1.62 bits per heavy atom. The first-order chi connectivity index (χ1) is 7.62. The van der Waals surface area contributed by atoms with Crippen molar-refractivity contribution in [2.45, 2.75) is 44.4 Å². The minimum absolute atomic E-state index is 0.0731. The molecule has 0 N–H and O–H groups in total. The SMILES string of the molecule is COC1(OC)OC2C3OC(C(C)C3C)C2O1. The lowest BCUT2D eigenvalue weighted by molar-refractivity contribution is -0.461. The molecule has 5 nitrogen and oxygen atoms in total. The molecule has 0 aliphatic carbocycles. The summed E-state index contributed by atoms with van der Waals surface area (Å²) in [5.74, 6) is 0.971. The Bertz CT molecular complexity index is 266. The second-order valence-electron chi connectivity index (χ2n) is 4.86. The summed E-state index contributed by atoms with van der Waals surface area (Å²) in [7, 11) is 3.03. The summed E-state index contributed by atoms with van der Waals surface area (Å²) < 4.78 is 27.7. The normalized spacial score (nSPS) is 53.2. The largest absolute Gasteiger partial charge is 0.413 e. The number of ether oxygens (including phenoxy) is 5. The van der Waals surface area contributed by atoms with Gasteiger partial charge in [0.15, 0.2) is 0 Å². The molecule has 6 unspecified atom stereocenters. The molecule has 3 aliphatic heterocycles. The Balaban J connectivity index is 1.84. The van der Waals surface area contributed by atoms with E-state index in [2.05, 4.69) is 13.8 Å². The molecule has 3 aliphatic rings. The highest BCUT2D eigenvalue weighted by atomic mass is 17.0. The fraction of sp³-hybridized carbons (Fsp3) is 1.00. The van der Waals surface area contributed by atoms with Gasteiger partial charge in [-0.1, -0.05) is 13.8 Å². The van der Waals surface area contributed by atoms with Gasteiger partial charge < -0.3 is 14.2 Å². The standard InChI is InChI=1S/C11H18O5/c1-5-6(2)8-10-9(7(5)14-8)15-11(12-3,13-4)16-10/h5-10H,1-4H3. The zero-order valence-electron chi connectivity index (χ0n) is 10.0. The third kappa shape index (κ3) is 1.18. The lowest BCUT2D eigenvalue weighted by atomic mass is 9.79. The molecule has 3 heterocycles. The molecule has 0 aromatic carbocycles. The zero-order chi connectivity index (χ0) is 11.5. The van der Waals surface area contributed by atoms with Crippen molar-refractivity contribution in [3.05, 3.63) is 0 Å². The molecular weight excluding hydrogens is 212 g/mol. The van der Waals surface area contributed by atoms with Crippen LogP contribution in [0.5, 0.6) is 0 Å². The summed E-state index contributed by atoms with van der Waals surface area (Å²) in [5, 5.41) is 0. The van der Waals surface area contributed by atoms with Gasteiger partial charge >= 0.3 is 6.16 Å². The van der Waals surface area contributed by atoms with Crippen molar-refractivity contribution in [1.82, 2.24) is 0 Å². The van der Waals surface area contributed by atoms with E-state index in [0.717, 1.165) is 0 Å². The summed E-state index contributed by atoms with van der Waals surface area (Å²) in [6.07, 6.45) is -1.29. The third-order valence-corrected chi connectivity index (χ3v) is 4.21. The van der Waals surface area contributed by atoms with Crippen LogP contribution in [0.2, 0.25) is 0 Å². The maximum Gasteiger partial charge on any atom is 0.413 e. The summed E-state index contributed by atoms with van der Waals surface area (Å²) in [4.78, 5) is 0. The minimum atomic E-state index is -1.33. The quantitative estimate of drug-likeness (QED) is 0.654. The van der Waals surface area contributed by atoms with Gasteiger partial charge in [-0.15, -0.1) is 0 Å². The van der Waals surface area contributed by atoms with Crippen LogP contribution >= 0.6 is 0 Å². The van der Waals surface area contributed by atoms with Crippen LogP contribution in [0.3, 0.4) is 0 Å². The molecule has 6 atom stereocenters. The first-order valence-electron chi connectivity index (χ1n) is 5.73. The van der Waals surface area contributed by atoms with Crippen molar-refractivity contribution in [3.8, 4) is 0 Å². The number of hydrogen-bond donors (Lipinski definition) is 0. The van der Waals surface area contributed by atoms with Gasteiger partial charge in [-0.25, -0.2) is 0 Å². The van der Waals surface area contributed by atoms with Gasteiger partial charge in [0, 0.05) is 14.2 Å². The Labute approximate surface area is 94.9 Å². The van der Waals surface area contributed by atoms with Crippen LogP contribution in [0, 0.1) is 11.8 Å². The van der Waals surface area contributed by atoms with Crippen LogP contribution in [0.25, 0.3) is 0 Å². The number of rotatable bonds is 2. The molecule has 0 spiro atoms. The van der Waals surface area contributed by atoms with Gasteiger partial charge in [-0.3, -0.25) is 9.47 Å². The second-order valence-corrected chi connectivity index (χ2v) is 4.86. The molecule has 5 heteroatoms. The molecule has 3 fully saturated rings. The zero-order valence-corrected chi connectivity index (χ0v) is 10.0. The van der Waals surface area contributed by atoms with Crippen LogP contribution in [0.15, 0.2) is 0 Å². The van der Waals surface area contributed by atoms with Gasteiger partial charge in [-0.2, -0.15) is 0 Å². The highest BCUT2D eigenvalue weighted by Gasteiger charge is 2.66. The molecule has 0 aromatic rings. The predicted octanol–water partition coefficient (Wildman–Crippen LogP) is 0.728. The average molecular weight is 230 g/mol. The molecule has 0 aromatic heterocycles. The summed E-state index contributed by atoms with van der Waals surface area (Å²) >= 11 is 0. The van der Waals surface area contributed by atoms with Crippen molar-refractivity contribution in [3.63, 3.8) is 0 Å². The highest BCUT2D eigenvalue weighted by Crippen LogP contribution is 2.51. The Hall–Kier alpha value is -0.200. The van der Waals surface area contributed by atoms with E-state index in [-0.39, 0.29) is 24.4 Å². The summed E-state index contributed by atoms with van der Waals surface area (Å²) in [5.41, 5.74) is 0. The van der Waals surface area contributed by atoms with E-state index < -0.39 is 6.16 Å². The fourth-order valence-corrected chi connectivity index (χ4v) is 3.06. The average Bonchev–Trinajstić information content (AvgIpc) is 2.89. The second kappa shape index (κ2) is 3.40. The molecule has 3 rings (SSSR count). The van der Waals surface area contributed by atoms with Crippen molar-refractivity contribution in [2.24, 2.45) is 11.8 Å².